The van der Waals surface area contributed by atoms with Gasteiger partial charge in [-0.2, -0.15) is 0 Å². The van der Waals surface area contributed by atoms with Gasteiger partial charge in [-0.3, -0.25) is 0 Å². The van der Waals surface area contributed by atoms with Gasteiger partial charge in [0.2, 0.25) is 0 Å². The van der Waals surface area contributed by atoms with Crippen LogP contribution < -0.4 is 0 Å². The third-order valence-electron chi connectivity index (χ3n) is 5.56. The van der Waals surface area contributed by atoms with Gasteiger partial charge < -0.3 is 0 Å². The molecule has 31 radical (unpaired) electrons. The van der Waals surface area contributed by atoms with Crippen LogP contribution in [0.5, 0.6) is 0 Å². The monoisotopic (exact) mass is 319 g/mol. The molecule has 0 rings (SSSR count). The van der Waals surface area contributed by atoms with Crippen LogP contribution >= 0.6 is 0 Å². The molecule has 0 atom stereocenters. The lowest BCUT2D eigenvalue weighted by Gasteiger charge is -2.49. The van der Waals surface area contributed by atoms with Crippen LogP contribution in [0.3, 0.4) is 0 Å². The molecule has 29 heteroatoms. The first-order valence-corrected chi connectivity index (χ1v) is 9.33. The molecule has 0 amide bonds. The Hall–Kier alpha value is 1.88. The second-order valence-corrected chi connectivity index (χ2v) is 7.70. The number of hydrogen-bond donors (Lipinski definition) is 0. The standard InChI is InChI=1S/B29/c1-16-24(17(2)3)28(25(18(4)5)19(6)7)29(26(20(8)9)21(10)11)27(22(12)13)23(14)15. The fraction of sp³-hybridized carbons (Fsp3) is 0. The Morgan fingerprint density at radius 2 is 0.552 bits per heavy atom. The van der Waals surface area contributed by atoms with Crippen molar-refractivity contribution in [3.63, 3.8) is 0 Å². The van der Waals surface area contributed by atoms with Crippen molar-refractivity contribution in [3.8, 4) is 0 Å². The molecule has 0 aliphatic heterocycles. The number of hydrogen-bond acceptors (Lipinski definition) is 0. The van der Waals surface area contributed by atoms with Gasteiger partial charge in [0.1, 0.15) is 0 Å². The Morgan fingerprint density at radius 1 is 0.310 bits per heavy atom. The molecule has 0 saturated heterocycles. The highest BCUT2D eigenvalue weighted by Crippen LogP contribution is 2.13. The average molecular weight is 314 g/mol. The van der Waals surface area contributed by atoms with Crippen LogP contribution in [0.1, 0.15) is 0 Å². The average Bonchev–Trinajstić information content (AvgIpc) is 2.51. The third kappa shape index (κ3) is 8.63. The quantitative estimate of drug-likeness (QED) is 0.296. The van der Waals surface area contributed by atoms with Crippen molar-refractivity contribution in [2.45, 2.75) is 0 Å². The van der Waals surface area contributed by atoms with Gasteiger partial charge in [-0.25, -0.2) is 0 Å². The Morgan fingerprint density at radius 3 is 0.724 bits per heavy atom. The minimum atomic E-state index is -1.03. The van der Waals surface area contributed by atoms with Crippen LogP contribution in [0.2, 0.25) is 0 Å². The molecule has 0 spiro atoms. The summed E-state index contributed by atoms with van der Waals surface area (Å²) in [7, 11) is 91.2. The predicted octanol–water partition coefficient (Wildman–Crippen LogP) is -11.0. The second-order valence-electron chi connectivity index (χ2n) is 7.70. The van der Waals surface area contributed by atoms with Crippen molar-refractivity contribution >= 4 is 206 Å². The zero-order valence-electron chi connectivity index (χ0n) is 16.7. The van der Waals surface area contributed by atoms with Gasteiger partial charge in [-0.1, -0.05) is 0 Å². The summed E-state index contributed by atoms with van der Waals surface area (Å²) in [4.78, 5) is 0. The van der Waals surface area contributed by atoms with E-state index in [4.69, 9.17) is 116 Å². The largest absolute Gasteiger partial charge is 0 e. The van der Waals surface area contributed by atoms with E-state index in [1.165, 1.54) is 7.06 Å². The SMILES string of the molecule is [B][B]B(B([B])[B])B(B(B([B])[B])B([B])[B])B(B(B([B])[B])B([B])[B])B(B([B])[B])B([B])[B]. The first kappa shape index (κ1) is 30.9. The maximum Gasteiger partial charge on any atom is 0 e. The smallest absolute Gasteiger partial charge is 0 e. The van der Waals surface area contributed by atoms with E-state index in [0.29, 0.717) is 0 Å². The van der Waals surface area contributed by atoms with E-state index in [-0.39, 0.29) is 0 Å². The fourth-order valence-electron chi connectivity index (χ4n) is 4.36. The highest BCUT2D eigenvalue weighted by atomic mass is 13.3. The van der Waals surface area contributed by atoms with Crippen LogP contribution in [-0.4, -0.2) is 206 Å². The van der Waals surface area contributed by atoms with Crippen molar-refractivity contribution < 1.29 is 0 Å². The van der Waals surface area contributed by atoms with Crippen LogP contribution in [0.15, 0.2) is 0 Å². The van der Waals surface area contributed by atoms with E-state index < -0.39 is 83.0 Å². The summed E-state index contributed by atoms with van der Waals surface area (Å²) in [6, 6.07) is 0. The molecule has 0 aliphatic carbocycles. The van der Waals surface area contributed by atoms with Crippen molar-refractivity contribution in [1.82, 2.24) is 0 Å². The molecule has 0 saturated carbocycles. The van der Waals surface area contributed by atoms with E-state index >= 15 is 0 Å². The molecule has 0 unspecified atom stereocenters. The van der Waals surface area contributed by atoms with Gasteiger partial charge in [-0.05, 0) is 0 Å². The molecule has 0 nitrogen and oxygen atoms in total. The molecule has 29 heavy (non-hydrogen) atoms. The summed E-state index contributed by atoms with van der Waals surface area (Å²) in [6.45, 7) is 0. The van der Waals surface area contributed by atoms with Crippen molar-refractivity contribution in [2.75, 3.05) is 0 Å². The van der Waals surface area contributed by atoms with Crippen LogP contribution in [0.4, 0.5) is 0 Å². The minimum Gasteiger partial charge on any atom is 0 e. The Balaban J connectivity index is 6.97. The molecule has 0 aromatic heterocycles. The minimum absolute atomic E-state index is 0.741. The Kier molecular flexibility index (Phi) is 15.1. The molecular weight excluding hydrogens is 314 g/mol. The first-order valence-electron chi connectivity index (χ1n) is 9.33. The topological polar surface area (TPSA) is 0 Å². The maximum absolute atomic E-state index is 6.01. The first-order chi connectivity index (χ1) is 13.2. The summed E-state index contributed by atoms with van der Waals surface area (Å²) < 4.78 is 0. The molecule has 0 N–H and O–H groups in total. The zero-order chi connectivity index (χ0) is 23.2. The van der Waals surface area contributed by atoms with Crippen molar-refractivity contribution in [1.29, 1.82) is 0 Å². The summed E-state index contributed by atoms with van der Waals surface area (Å²) in [6.07, 6.45) is -11.9. The normalized spacial score (nSPS) is 9.38. The molecule has 0 aromatic rings. The van der Waals surface area contributed by atoms with Gasteiger partial charge >= 0.3 is 0 Å². The summed E-state index contributed by atoms with van der Waals surface area (Å²) >= 11 is 0. The van der Waals surface area contributed by atoms with Gasteiger partial charge in [0.05, 0.1) is 0 Å². The van der Waals surface area contributed by atoms with Gasteiger partial charge in [0.15, 0.2) is 0 Å². The summed E-state index contributed by atoms with van der Waals surface area (Å²) in [5.41, 5.74) is 0. The van der Waals surface area contributed by atoms with Crippen molar-refractivity contribution in [2.24, 2.45) is 0 Å². The van der Waals surface area contributed by atoms with E-state index in [1.807, 2.05) is 0 Å². The lowest BCUT2D eigenvalue weighted by atomic mass is 8.32. The van der Waals surface area contributed by atoms with E-state index in [0.717, 1.165) is 0 Å². The molecule has 0 bridgehead atoms. The van der Waals surface area contributed by atoms with Gasteiger partial charge in [0.25, 0.3) is 0 Å². The van der Waals surface area contributed by atoms with Crippen LogP contribution in [0.25, 0.3) is 0 Å². The van der Waals surface area contributed by atoms with E-state index in [9.17, 15) is 0 Å². The Bertz CT molecular complexity index is 368. The summed E-state index contributed by atoms with van der Waals surface area (Å²) in [5.74, 6) is 0. The summed E-state index contributed by atoms with van der Waals surface area (Å²) in [5, 5.41) is 0. The predicted molar refractivity (Wildman–Crippen MR) is 167 cm³/mol. The van der Waals surface area contributed by atoms with Crippen LogP contribution in [0, 0.1) is 0 Å². The molecule has 0 heterocycles. The lowest BCUT2D eigenvalue weighted by molar-refractivity contribution is 3.26. The van der Waals surface area contributed by atoms with Gasteiger partial charge in [-0.15, -0.1) is 0 Å². The molecule has 0 aromatic carbocycles. The van der Waals surface area contributed by atoms with Crippen LogP contribution in [-0.2, 0) is 0 Å². The van der Waals surface area contributed by atoms with Gasteiger partial charge in [0, 0.05) is 206 Å². The van der Waals surface area contributed by atoms with E-state index in [1.54, 1.807) is 0 Å². The van der Waals surface area contributed by atoms with E-state index in [2.05, 4.69) is 0 Å². The highest BCUT2D eigenvalue weighted by molar-refractivity contribution is 8.26. The number of rotatable bonds is 13. The second kappa shape index (κ2) is 14.2. The maximum atomic E-state index is 6.01. The zero-order valence-corrected chi connectivity index (χ0v) is 16.7. The molecular formula is B29. The third-order valence-corrected chi connectivity index (χ3v) is 5.56. The molecule has 0 fully saturated rings. The molecule has 87 valence electrons. The Labute approximate surface area is 205 Å². The highest BCUT2D eigenvalue weighted by Gasteiger charge is 2.51. The van der Waals surface area contributed by atoms with Crippen molar-refractivity contribution in [3.05, 3.63) is 0 Å². The fourth-order valence-corrected chi connectivity index (χ4v) is 4.36. The lowest BCUT2D eigenvalue weighted by Crippen LogP contribution is -2.87. The molecule has 0 aliphatic rings.